The number of hydrogen-bond acceptors (Lipinski definition) is 7. The minimum absolute atomic E-state index is 0.204. The van der Waals surface area contributed by atoms with Crippen LogP contribution in [0, 0.1) is 0 Å². The second-order valence-corrected chi connectivity index (χ2v) is 4.40. The third kappa shape index (κ3) is 4.55. The Hall–Kier alpha value is -0.990. The highest BCUT2D eigenvalue weighted by molar-refractivity contribution is 6.29. The summed E-state index contributed by atoms with van der Waals surface area (Å²) < 4.78 is 5.18. The minimum Gasteiger partial charge on any atom is -0.394 e. The van der Waals surface area contributed by atoms with E-state index in [1.807, 2.05) is 6.92 Å². The molecule has 0 aliphatic carbocycles. The van der Waals surface area contributed by atoms with Gasteiger partial charge in [-0.3, -0.25) is 0 Å². The third-order valence-corrected chi connectivity index (χ3v) is 2.67. The van der Waals surface area contributed by atoms with Gasteiger partial charge in [-0.05, 0) is 6.92 Å². The number of anilines is 1. The van der Waals surface area contributed by atoms with Crippen molar-refractivity contribution in [3.63, 3.8) is 0 Å². The van der Waals surface area contributed by atoms with Gasteiger partial charge < -0.3 is 25.4 Å². The third-order valence-electron chi connectivity index (χ3n) is 2.48. The van der Waals surface area contributed by atoms with E-state index >= 15 is 0 Å². The van der Waals surface area contributed by atoms with E-state index in [9.17, 15) is 15.3 Å². The molecule has 0 amide bonds. The average Bonchev–Trinajstić information content (AvgIpc) is 2.42. The number of nitrogens with zero attached hydrogens (tertiary/aromatic N) is 2. The van der Waals surface area contributed by atoms with E-state index in [1.165, 1.54) is 6.07 Å². The van der Waals surface area contributed by atoms with Gasteiger partial charge in [-0.1, -0.05) is 11.6 Å². The van der Waals surface area contributed by atoms with Gasteiger partial charge in [0.1, 0.15) is 23.1 Å². The van der Waals surface area contributed by atoms with Crippen LogP contribution in [0.4, 0.5) is 5.82 Å². The van der Waals surface area contributed by atoms with Crippen molar-refractivity contribution >= 4 is 17.4 Å². The van der Waals surface area contributed by atoms with Crippen LogP contribution in [0.1, 0.15) is 12.7 Å². The van der Waals surface area contributed by atoms with Crippen LogP contribution in [0.3, 0.4) is 0 Å². The van der Waals surface area contributed by atoms with Crippen LogP contribution in [-0.4, -0.2) is 57.3 Å². The molecule has 0 spiro atoms. The Morgan fingerprint density at radius 3 is 2.42 bits per heavy atom. The lowest BCUT2D eigenvalue weighted by Gasteiger charge is -2.29. The van der Waals surface area contributed by atoms with Gasteiger partial charge in [-0.15, -0.1) is 0 Å². The van der Waals surface area contributed by atoms with Crippen LogP contribution in [0.15, 0.2) is 6.07 Å². The topological polar surface area (TPSA) is 108 Å². The molecule has 0 aliphatic heterocycles. The highest BCUT2D eigenvalue weighted by Crippen LogP contribution is 2.17. The number of ether oxygens (including phenoxy) is 1. The van der Waals surface area contributed by atoms with Gasteiger partial charge in [-0.2, -0.15) is 0 Å². The predicted octanol–water partition coefficient (Wildman–Crippen LogP) is -0.206. The van der Waals surface area contributed by atoms with E-state index in [0.717, 1.165) is 0 Å². The van der Waals surface area contributed by atoms with E-state index in [-0.39, 0.29) is 11.8 Å². The summed E-state index contributed by atoms with van der Waals surface area (Å²) in [4.78, 5) is 8.12. The smallest absolute Gasteiger partial charge is 0.158 e. The second-order valence-electron chi connectivity index (χ2n) is 4.01. The number of halogens is 1. The van der Waals surface area contributed by atoms with Crippen LogP contribution in [0.2, 0.25) is 5.15 Å². The molecule has 0 radical (unpaired) electrons. The molecule has 0 saturated heterocycles. The fraction of sp³-hybridized carbons (Fsp3) is 0.636. The van der Waals surface area contributed by atoms with Crippen molar-refractivity contribution in [1.29, 1.82) is 0 Å². The first-order chi connectivity index (χ1) is 9.09. The summed E-state index contributed by atoms with van der Waals surface area (Å²) in [5, 5.41) is 30.7. The fourth-order valence-electron chi connectivity index (χ4n) is 1.33. The molecular weight excluding hydrogens is 274 g/mol. The molecule has 0 fully saturated rings. The predicted molar refractivity (Wildman–Crippen MR) is 70.0 cm³/mol. The molecule has 1 aromatic heterocycles. The molecule has 1 aromatic rings. The van der Waals surface area contributed by atoms with Gasteiger partial charge in [0.15, 0.2) is 5.82 Å². The summed E-state index contributed by atoms with van der Waals surface area (Å²) in [5.41, 5.74) is -1.26. The molecule has 0 unspecified atom stereocenters. The van der Waals surface area contributed by atoms with Gasteiger partial charge in [-0.25, -0.2) is 9.97 Å². The molecular formula is C11H18ClN3O4. The van der Waals surface area contributed by atoms with Gasteiger partial charge in [0.25, 0.3) is 0 Å². The van der Waals surface area contributed by atoms with Crippen molar-refractivity contribution < 1.29 is 20.1 Å². The molecule has 108 valence electrons. The van der Waals surface area contributed by atoms with Crippen molar-refractivity contribution in [2.24, 2.45) is 0 Å². The first-order valence-electron chi connectivity index (χ1n) is 5.81. The molecule has 0 bridgehead atoms. The van der Waals surface area contributed by atoms with Crippen molar-refractivity contribution in [1.82, 2.24) is 9.97 Å². The van der Waals surface area contributed by atoms with Gasteiger partial charge >= 0.3 is 0 Å². The second kappa shape index (κ2) is 7.56. The summed E-state index contributed by atoms with van der Waals surface area (Å²) in [6, 6.07) is 1.44. The quantitative estimate of drug-likeness (QED) is 0.491. The van der Waals surface area contributed by atoms with Crippen molar-refractivity contribution in [3.8, 4) is 0 Å². The summed E-state index contributed by atoms with van der Waals surface area (Å²) in [6.07, 6.45) is 0. The normalized spacial score (nSPS) is 11.6. The van der Waals surface area contributed by atoms with E-state index in [0.29, 0.717) is 18.2 Å². The Labute approximate surface area is 116 Å². The highest BCUT2D eigenvalue weighted by Gasteiger charge is 2.28. The first-order valence-corrected chi connectivity index (χ1v) is 6.19. The summed E-state index contributed by atoms with van der Waals surface area (Å²) in [6.45, 7) is 1.20. The Balaban J connectivity index is 2.90. The number of aromatic nitrogens is 2. The summed E-state index contributed by atoms with van der Waals surface area (Å²) >= 11 is 5.85. The number of aliphatic hydroxyl groups is 3. The molecule has 0 saturated carbocycles. The number of aliphatic hydroxyl groups excluding tert-OH is 3. The van der Waals surface area contributed by atoms with E-state index in [2.05, 4.69) is 15.3 Å². The van der Waals surface area contributed by atoms with Crippen LogP contribution in [0.25, 0.3) is 0 Å². The molecule has 0 atom stereocenters. The highest BCUT2D eigenvalue weighted by atomic mass is 35.5. The van der Waals surface area contributed by atoms with Crippen molar-refractivity contribution in [2.45, 2.75) is 19.1 Å². The van der Waals surface area contributed by atoms with E-state index in [1.54, 1.807) is 0 Å². The monoisotopic (exact) mass is 291 g/mol. The zero-order chi connectivity index (χ0) is 14.3. The SMILES string of the molecule is CCOCc1nc(Cl)cc(NC(CO)(CO)CO)n1. The molecule has 0 aliphatic rings. The number of nitrogens with one attached hydrogen (secondary N) is 1. The molecule has 1 rings (SSSR count). The van der Waals surface area contributed by atoms with Crippen LogP contribution in [-0.2, 0) is 11.3 Å². The molecule has 1 heterocycles. The van der Waals surface area contributed by atoms with Crippen LogP contribution < -0.4 is 5.32 Å². The Morgan fingerprint density at radius 2 is 1.89 bits per heavy atom. The molecule has 7 nitrogen and oxygen atoms in total. The summed E-state index contributed by atoms with van der Waals surface area (Å²) in [7, 11) is 0. The van der Waals surface area contributed by atoms with Gasteiger partial charge in [0, 0.05) is 12.7 Å². The minimum atomic E-state index is -1.26. The summed E-state index contributed by atoms with van der Waals surface area (Å²) in [5.74, 6) is 0.673. The maximum absolute atomic E-state index is 9.23. The fourth-order valence-corrected chi connectivity index (χ4v) is 1.53. The lowest BCUT2D eigenvalue weighted by Crippen LogP contribution is -2.49. The first kappa shape index (κ1) is 16.1. The molecule has 8 heteroatoms. The van der Waals surface area contributed by atoms with Crippen molar-refractivity contribution in [2.75, 3.05) is 31.7 Å². The van der Waals surface area contributed by atoms with Crippen LogP contribution in [0.5, 0.6) is 0 Å². The standard InChI is InChI=1S/C11H18ClN3O4/c1-2-19-4-10-13-8(12)3-9(14-10)15-11(5-16,6-17)7-18/h3,16-18H,2,4-7H2,1H3,(H,13,14,15). The van der Waals surface area contributed by atoms with E-state index < -0.39 is 25.4 Å². The Bertz CT molecular complexity index is 393. The number of rotatable bonds is 8. The van der Waals surface area contributed by atoms with Crippen molar-refractivity contribution in [3.05, 3.63) is 17.0 Å². The van der Waals surface area contributed by atoms with Crippen LogP contribution >= 0.6 is 11.6 Å². The zero-order valence-electron chi connectivity index (χ0n) is 10.6. The maximum Gasteiger partial charge on any atom is 0.158 e. The van der Waals surface area contributed by atoms with E-state index in [4.69, 9.17) is 16.3 Å². The lowest BCUT2D eigenvalue weighted by molar-refractivity contribution is 0.0830. The Kier molecular flexibility index (Phi) is 6.40. The van der Waals surface area contributed by atoms with Gasteiger partial charge in [0.05, 0.1) is 19.8 Å². The Morgan fingerprint density at radius 1 is 1.26 bits per heavy atom. The number of hydrogen-bond donors (Lipinski definition) is 4. The lowest BCUT2D eigenvalue weighted by atomic mass is 10.0. The largest absolute Gasteiger partial charge is 0.394 e. The molecule has 4 N–H and O–H groups in total. The maximum atomic E-state index is 9.23. The molecule has 0 aromatic carbocycles. The molecule has 19 heavy (non-hydrogen) atoms. The zero-order valence-corrected chi connectivity index (χ0v) is 11.4. The average molecular weight is 292 g/mol. The van der Waals surface area contributed by atoms with Gasteiger partial charge in [0.2, 0.25) is 0 Å².